The SMILES string of the molecule is Cc1cccc(CSc2cc(Br)ccc2CC(C)N)c1. The second kappa shape index (κ2) is 7.30. The Morgan fingerprint density at radius 2 is 2.00 bits per heavy atom. The molecule has 0 heterocycles. The molecule has 1 nitrogen and oxygen atoms in total. The maximum atomic E-state index is 5.94. The number of nitrogens with two attached hydrogens (primary N) is 1. The fraction of sp³-hybridized carbons (Fsp3) is 0.294. The molecule has 0 aliphatic heterocycles. The van der Waals surface area contributed by atoms with Gasteiger partial charge in [-0.25, -0.2) is 0 Å². The molecule has 0 spiro atoms. The van der Waals surface area contributed by atoms with E-state index in [1.807, 2.05) is 11.8 Å². The Morgan fingerprint density at radius 1 is 1.20 bits per heavy atom. The van der Waals surface area contributed by atoms with Crippen molar-refractivity contribution in [3.05, 3.63) is 63.6 Å². The summed E-state index contributed by atoms with van der Waals surface area (Å²) < 4.78 is 1.12. The van der Waals surface area contributed by atoms with Crippen LogP contribution in [0.15, 0.2) is 51.8 Å². The van der Waals surface area contributed by atoms with Crippen LogP contribution in [0.4, 0.5) is 0 Å². The molecule has 2 rings (SSSR count). The molecule has 20 heavy (non-hydrogen) atoms. The van der Waals surface area contributed by atoms with Crippen LogP contribution in [-0.4, -0.2) is 6.04 Å². The van der Waals surface area contributed by atoms with E-state index < -0.39 is 0 Å². The summed E-state index contributed by atoms with van der Waals surface area (Å²) in [6.45, 7) is 4.19. The van der Waals surface area contributed by atoms with Crippen molar-refractivity contribution in [2.24, 2.45) is 5.73 Å². The van der Waals surface area contributed by atoms with Gasteiger partial charge < -0.3 is 5.73 Å². The van der Waals surface area contributed by atoms with E-state index in [1.54, 1.807) is 0 Å². The summed E-state index contributed by atoms with van der Waals surface area (Å²) in [7, 11) is 0. The molecule has 0 saturated carbocycles. The third-order valence-corrected chi connectivity index (χ3v) is 4.71. The molecule has 1 unspecified atom stereocenters. The second-order valence-corrected chi connectivity index (χ2v) is 7.14. The lowest BCUT2D eigenvalue weighted by Gasteiger charge is -2.12. The van der Waals surface area contributed by atoms with E-state index in [-0.39, 0.29) is 6.04 Å². The predicted octanol–water partition coefficient (Wildman–Crippen LogP) is 4.94. The highest BCUT2D eigenvalue weighted by Crippen LogP contribution is 2.30. The molecule has 2 N–H and O–H groups in total. The van der Waals surface area contributed by atoms with Crippen molar-refractivity contribution in [1.29, 1.82) is 0 Å². The summed E-state index contributed by atoms with van der Waals surface area (Å²) >= 11 is 5.44. The standard InChI is InChI=1S/C17H20BrNS/c1-12-4-3-5-14(8-12)11-20-17-10-16(18)7-6-15(17)9-13(2)19/h3-8,10,13H,9,11,19H2,1-2H3. The van der Waals surface area contributed by atoms with Crippen LogP contribution >= 0.6 is 27.7 Å². The van der Waals surface area contributed by atoms with Crippen molar-refractivity contribution >= 4 is 27.7 Å². The van der Waals surface area contributed by atoms with Gasteiger partial charge in [0.05, 0.1) is 0 Å². The zero-order chi connectivity index (χ0) is 14.5. The van der Waals surface area contributed by atoms with Gasteiger partial charge in [-0.2, -0.15) is 0 Å². The zero-order valence-electron chi connectivity index (χ0n) is 11.9. The molecule has 106 valence electrons. The first-order valence-corrected chi connectivity index (χ1v) is 8.55. The molecule has 0 saturated heterocycles. The molecule has 3 heteroatoms. The number of rotatable bonds is 5. The summed E-state index contributed by atoms with van der Waals surface area (Å²) in [5, 5.41) is 0. The molecule has 0 fully saturated rings. The van der Waals surface area contributed by atoms with E-state index in [4.69, 9.17) is 5.73 Å². The lowest BCUT2D eigenvalue weighted by atomic mass is 10.1. The van der Waals surface area contributed by atoms with E-state index in [2.05, 4.69) is 72.2 Å². The van der Waals surface area contributed by atoms with Crippen LogP contribution in [0.3, 0.4) is 0 Å². The van der Waals surface area contributed by atoms with Crippen LogP contribution in [0.2, 0.25) is 0 Å². The summed E-state index contributed by atoms with van der Waals surface area (Å²) in [4.78, 5) is 1.32. The molecular weight excluding hydrogens is 330 g/mol. The quantitative estimate of drug-likeness (QED) is 0.773. The molecule has 0 amide bonds. The fourth-order valence-electron chi connectivity index (χ4n) is 2.14. The third kappa shape index (κ3) is 4.65. The maximum Gasteiger partial charge on any atom is 0.0232 e. The highest BCUT2D eigenvalue weighted by Gasteiger charge is 2.07. The predicted molar refractivity (Wildman–Crippen MR) is 92.2 cm³/mol. The molecule has 2 aromatic carbocycles. The van der Waals surface area contributed by atoms with E-state index in [0.717, 1.165) is 16.6 Å². The van der Waals surface area contributed by atoms with Gasteiger partial charge in [0, 0.05) is 21.2 Å². The summed E-state index contributed by atoms with van der Waals surface area (Å²) in [6, 6.07) is 15.3. The van der Waals surface area contributed by atoms with Gasteiger partial charge in [0.15, 0.2) is 0 Å². The number of benzene rings is 2. The minimum absolute atomic E-state index is 0.189. The van der Waals surface area contributed by atoms with E-state index in [1.165, 1.54) is 21.6 Å². The van der Waals surface area contributed by atoms with Crippen LogP contribution in [-0.2, 0) is 12.2 Å². The van der Waals surface area contributed by atoms with Crippen molar-refractivity contribution in [2.75, 3.05) is 0 Å². The molecule has 0 radical (unpaired) electrons. The van der Waals surface area contributed by atoms with Crippen LogP contribution in [0.1, 0.15) is 23.6 Å². The third-order valence-electron chi connectivity index (χ3n) is 3.05. The lowest BCUT2D eigenvalue weighted by Crippen LogP contribution is -2.18. The van der Waals surface area contributed by atoms with E-state index >= 15 is 0 Å². The first-order valence-electron chi connectivity index (χ1n) is 6.77. The lowest BCUT2D eigenvalue weighted by molar-refractivity contribution is 0.729. The molecule has 0 aliphatic carbocycles. The summed E-state index contributed by atoms with van der Waals surface area (Å²) in [6.07, 6.45) is 0.920. The van der Waals surface area contributed by atoms with Crippen molar-refractivity contribution in [1.82, 2.24) is 0 Å². The average Bonchev–Trinajstić information content (AvgIpc) is 2.39. The smallest absolute Gasteiger partial charge is 0.0232 e. The Morgan fingerprint density at radius 3 is 2.70 bits per heavy atom. The number of thioether (sulfide) groups is 1. The van der Waals surface area contributed by atoms with Gasteiger partial charge in [-0.3, -0.25) is 0 Å². The van der Waals surface area contributed by atoms with Crippen LogP contribution < -0.4 is 5.73 Å². The Hall–Kier alpha value is -0.770. The van der Waals surface area contributed by atoms with Crippen molar-refractivity contribution in [3.63, 3.8) is 0 Å². The van der Waals surface area contributed by atoms with Gasteiger partial charge in [0.25, 0.3) is 0 Å². The highest BCUT2D eigenvalue weighted by atomic mass is 79.9. The number of hydrogen-bond acceptors (Lipinski definition) is 2. The first kappa shape index (κ1) is 15.6. The Balaban J connectivity index is 2.13. The minimum Gasteiger partial charge on any atom is -0.328 e. The van der Waals surface area contributed by atoms with E-state index in [0.29, 0.717) is 0 Å². The second-order valence-electron chi connectivity index (χ2n) is 5.21. The molecule has 1 atom stereocenters. The summed E-state index contributed by atoms with van der Waals surface area (Å²) in [5.41, 5.74) is 9.95. The van der Waals surface area contributed by atoms with Crippen LogP contribution in [0.25, 0.3) is 0 Å². The van der Waals surface area contributed by atoms with Gasteiger partial charge in [-0.05, 0) is 43.5 Å². The van der Waals surface area contributed by atoms with Crippen LogP contribution in [0, 0.1) is 6.92 Å². The number of halogens is 1. The number of hydrogen-bond donors (Lipinski definition) is 1. The molecule has 0 bridgehead atoms. The molecule has 0 aromatic heterocycles. The molecular formula is C17H20BrNS. The highest BCUT2D eigenvalue weighted by molar-refractivity contribution is 9.10. The van der Waals surface area contributed by atoms with E-state index in [9.17, 15) is 0 Å². The van der Waals surface area contributed by atoms with Crippen LogP contribution in [0.5, 0.6) is 0 Å². The summed E-state index contributed by atoms with van der Waals surface area (Å²) in [5.74, 6) is 0.990. The largest absolute Gasteiger partial charge is 0.328 e. The van der Waals surface area contributed by atoms with Gasteiger partial charge in [-0.1, -0.05) is 51.8 Å². The Labute approximate surface area is 134 Å². The topological polar surface area (TPSA) is 26.0 Å². The van der Waals surface area contributed by atoms with Crippen molar-refractivity contribution < 1.29 is 0 Å². The zero-order valence-corrected chi connectivity index (χ0v) is 14.3. The molecule has 2 aromatic rings. The number of aryl methyl sites for hydroxylation is 1. The monoisotopic (exact) mass is 349 g/mol. The van der Waals surface area contributed by atoms with Gasteiger partial charge in [0.1, 0.15) is 0 Å². The Kier molecular flexibility index (Phi) is 5.70. The average molecular weight is 350 g/mol. The Bertz CT molecular complexity index is 581. The fourth-order valence-corrected chi connectivity index (χ4v) is 3.70. The van der Waals surface area contributed by atoms with Gasteiger partial charge in [-0.15, -0.1) is 11.8 Å². The first-order chi connectivity index (χ1) is 9.54. The van der Waals surface area contributed by atoms with Crippen molar-refractivity contribution in [3.8, 4) is 0 Å². The normalized spacial score (nSPS) is 12.4. The minimum atomic E-state index is 0.189. The van der Waals surface area contributed by atoms with Crippen molar-refractivity contribution in [2.45, 2.75) is 37.0 Å². The maximum absolute atomic E-state index is 5.94. The molecule has 0 aliphatic rings. The van der Waals surface area contributed by atoms with Gasteiger partial charge in [0.2, 0.25) is 0 Å². The van der Waals surface area contributed by atoms with Gasteiger partial charge >= 0.3 is 0 Å².